The molecule has 4 rings (SSSR count). The molecule has 1 saturated heterocycles. The first-order chi connectivity index (χ1) is 16.2. The summed E-state index contributed by atoms with van der Waals surface area (Å²) in [6.45, 7) is 9.80. The van der Waals surface area contributed by atoms with Gasteiger partial charge < -0.3 is 20.3 Å². The van der Waals surface area contributed by atoms with E-state index in [-0.39, 0.29) is 12.1 Å². The lowest BCUT2D eigenvalue weighted by molar-refractivity contribution is -0.151. The van der Waals surface area contributed by atoms with E-state index in [0.717, 1.165) is 5.56 Å². The van der Waals surface area contributed by atoms with Crippen molar-refractivity contribution in [3.63, 3.8) is 0 Å². The second-order valence-corrected chi connectivity index (χ2v) is 7.45. The lowest BCUT2D eigenvalue weighted by Gasteiger charge is -2.31. The molecule has 10 heteroatoms. The Hall–Kier alpha value is -4.08. The van der Waals surface area contributed by atoms with Crippen molar-refractivity contribution < 1.29 is 19.3 Å². The van der Waals surface area contributed by atoms with E-state index < -0.39 is 0 Å². The number of hydrogen-bond acceptors (Lipinski definition) is 10. The Balaban J connectivity index is 1.37. The normalized spacial score (nSPS) is 15.0. The van der Waals surface area contributed by atoms with Gasteiger partial charge in [-0.25, -0.2) is 4.79 Å². The van der Waals surface area contributed by atoms with Gasteiger partial charge in [0.05, 0.1) is 5.56 Å². The molecule has 2 aromatic rings. The second kappa shape index (κ2) is 10.5. The maximum absolute atomic E-state index is 12.6. The Morgan fingerprint density at radius 2 is 1.82 bits per heavy atom. The molecule has 172 valence electrons. The number of nitrogens with one attached hydrogen (secondary N) is 2. The maximum atomic E-state index is 12.6. The molecule has 1 aromatic carbocycles. The van der Waals surface area contributed by atoms with Crippen molar-refractivity contribution >= 4 is 29.9 Å². The number of anilines is 3. The van der Waals surface area contributed by atoms with Crippen molar-refractivity contribution in [2.75, 3.05) is 41.7 Å². The van der Waals surface area contributed by atoms with Crippen LogP contribution in [0.25, 0.3) is 6.08 Å². The predicted octanol–water partition coefficient (Wildman–Crippen LogP) is 3.19. The highest BCUT2D eigenvalue weighted by molar-refractivity contribution is 5.90. The minimum Gasteiger partial charge on any atom is -0.459 e. The van der Waals surface area contributed by atoms with Gasteiger partial charge in [-0.2, -0.15) is 15.0 Å². The molecule has 3 heterocycles. The van der Waals surface area contributed by atoms with Gasteiger partial charge in [-0.3, -0.25) is 9.78 Å². The first kappa shape index (κ1) is 22.1. The topological polar surface area (TPSA) is 111 Å². The zero-order valence-corrected chi connectivity index (χ0v) is 18.2. The first-order valence-electron chi connectivity index (χ1n) is 10.7. The quantitative estimate of drug-likeness (QED) is 0.336. The number of piperidine rings is 1. The Morgan fingerprint density at radius 3 is 2.48 bits per heavy atom. The molecule has 0 amide bonds. The van der Waals surface area contributed by atoms with E-state index in [0.29, 0.717) is 68.2 Å². The monoisotopic (exact) mass is 450 g/mol. The molecule has 2 aliphatic heterocycles. The van der Waals surface area contributed by atoms with Crippen LogP contribution in [0.1, 0.15) is 28.8 Å². The molecular weight excluding hydrogens is 424 g/mol. The fourth-order valence-electron chi connectivity index (χ4n) is 3.45. The molecule has 1 aromatic heterocycles. The highest BCUT2D eigenvalue weighted by Crippen LogP contribution is 2.26. The summed E-state index contributed by atoms with van der Waals surface area (Å²) in [6.07, 6.45) is 7.79. The van der Waals surface area contributed by atoms with E-state index in [9.17, 15) is 4.79 Å². The van der Waals surface area contributed by atoms with Gasteiger partial charge in [0.25, 0.3) is 0 Å². The van der Waals surface area contributed by atoms with Gasteiger partial charge in [0.1, 0.15) is 12.4 Å². The van der Waals surface area contributed by atoms with Crippen LogP contribution < -0.4 is 20.4 Å². The number of fused-ring (bicyclic) bond motifs is 1. The molecule has 0 spiro atoms. The summed E-state index contributed by atoms with van der Waals surface area (Å²) in [6, 6.07) is 5.08. The van der Waals surface area contributed by atoms with Gasteiger partial charge >= 0.3 is 5.97 Å². The molecule has 10 nitrogen and oxygen atoms in total. The average molecular weight is 450 g/mol. The Labute approximate surface area is 191 Å². The number of carbonyl (C=O) groups excluding carboxylic acids is 1. The summed E-state index contributed by atoms with van der Waals surface area (Å²) >= 11 is 0. The third-order valence-electron chi connectivity index (χ3n) is 5.12. The molecule has 0 saturated carbocycles. The lowest BCUT2D eigenvalue weighted by atomic mass is 10.1. The number of carbonyl (C=O) groups is 1. The summed E-state index contributed by atoms with van der Waals surface area (Å²) < 4.78 is 5.74. The smallest absolute Gasteiger partial charge is 0.338 e. The van der Waals surface area contributed by atoms with Gasteiger partial charge in [-0.05, 0) is 24.3 Å². The molecule has 0 unspecified atom stereocenters. The van der Waals surface area contributed by atoms with E-state index in [4.69, 9.17) is 14.5 Å². The molecule has 2 N–H and O–H groups in total. The minimum atomic E-state index is -0.358. The molecule has 2 aliphatic rings. The second-order valence-electron chi connectivity index (χ2n) is 7.45. The first-order valence-corrected chi connectivity index (χ1v) is 10.7. The number of nitrogens with zero attached hydrogens (tertiary/aromatic N) is 4. The Morgan fingerprint density at radius 1 is 1.12 bits per heavy atom. The minimum absolute atomic E-state index is 0.182. The zero-order chi connectivity index (χ0) is 23.0. The Bertz CT molecular complexity index is 1020. The van der Waals surface area contributed by atoms with Crippen molar-refractivity contribution in [2.24, 2.45) is 0 Å². The number of benzene rings is 1. The largest absolute Gasteiger partial charge is 0.459 e. The van der Waals surface area contributed by atoms with Gasteiger partial charge in [-0.15, -0.1) is 13.2 Å². The van der Waals surface area contributed by atoms with Crippen LogP contribution in [0.15, 0.2) is 49.8 Å². The predicted molar refractivity (Wildman–Crippen MR) is 125 cm³/mol. The SMILES string of the molecule is C=CCNc1nc(NCC=C)nc(N2CCC(OC(=O)c3ccc4c(c3)C=COO4)CC2)n1. The summed E-state index contributed by atoms with van der Waals surface area (Å²) in [5.41, 5.74) is 1.24. The lowest BCUT2D eigenvalue weighted by Crippen LogP contribution is -2.39. The van der Waals surface area contributed by atoms with Crippen LogP contribution in [0.5, 0.6) is 5.75 Å². The van der Waals surface area contributed by atoms with Crippen molar-refractivity contribution in [3.05, 3.63) is 60.9 Å². The van der Waals surface area contributed by atoms with Crippen LogP contribution in [0.2, 0.25) is 0 Å². The van der Waals surface area contributed by atoms with Crippen molar-refractivity contribution in [3.8, 4) is 5.75 Å². The van der Waals surface area contributed by atoms with Crippen LogP contribution in [0.3, 0.4) is 0 Å². The summed E-state index contributed by atoms with van der Waals surface area (Å²) in [5.74, 6) is 1.70. The molecule has 0 aliphatic carbocycles. The van der Waals surface area contributed by atoms with E-state index >= 15 is 0 Å². The van der Waals surface area contributed by atoms with Gasteiger partial charge in [0, 0.05) is 44.6 Å². The Kier molecular flexibility index (Phi) is 7.03. The van der Waals surface area contributed by atoms with E-state index in [1.807, 2.05) is 0 Å². The number of aromatic nitrogens is 3. The number of esters is 1. The van der Waals surface area contributed by atoms with Crippen molar-refractivity contribution in [1.82, 2.24) is 15.0 Å². The zero-order valence-electron chi connectivity index (χ0n) is 18.2. The number of rotatable bonds is 9. The van der Waals surface area contributed by atoms with Crippen molar-refractivity contribution in [1.29, 1.82) is 0 Å². The molecule has 0 radical (unpaired) electrons. The van der Waals surface area contributed by atoms with Gasteiger partial charge in [-0.1, -0.05) is 12.2 Å². The average Bonchev–Trinajstić information content (AvgIpc) is 2.86. The molecule has 1 fully saturated rings. The van der Waals surface area contributed by atoms with Gasteiger partial charge in [0.15, 0.2) is 5.75 Å². The number of ether oxygens (including phenoxy) is 1. The molecular formula is C23H26N6O4. The number of hydrogen-bond donors (Lipinski definition) is 2. The third kappa shape index (κ3) is 5.59. The standard InChI is InChI=1S/C23H26N6O4/c1-3-10-24-21-26-22(25-11-4-2)28-23(27-21)29-12-7-18(8-13-29)32-20(30)17-5-6-19-16(15-17)9-14-31-33-19/h3-6,9,14-15,18H,1-2,7-8,10-13H2,(H2,24,25,26,27,28). The fraction of sp³-hybridized carbons (Fsp3) is 0.304. The van der Waals surface area contributed by atoms with E-state index in [1.54, 1.807) is 36.4 Å². The third-order valence-corrected chi connectivity index (χ3v) is 5.12. The summed E-state index contributed by atoms with van der Waals surface area (Å²) in [5, 5.41) is 6.20. The van der Waals surface area contributed by atoms with Crippen molar-refractivity contribution in [2.45, 2.75) is 18.9 Å². The fourth-order valence-corrected chi connectivity index (χ4v) is 3.45. The van der Waals surface area contributed by atoms with Crippen LogP contribution in [-0.4, -0.2) is 53.2 Å². The highest BCUT2D eigenvalue weighted by Gasteiger charge is 2.25. The maximum Gasteiger partial charge on any atom is 0.338 e. The van der Waals surface area contributed by atoms with E-state index in [2.05, 4.69) is 43.6 Å². The summed E-state index contributed by atoms with van der Waals surface area (Å²) in [7, 11) is 0. The van der Waals surface area contributed by atoms with Crippen LogP contribution in [0, 0.1) is 0 Å². The van der Waals surface area contributed by atoms with Crippen LogP contribution in [-0.2, 0) is 9.62 Å². The molecule has 0 bridgehead atoms. The molecule has 33 heavy (non-hydrogen) atoms. The van der Waals surface area contributed by atoms with Crippen LogP contribution >= 0.6 is 0 Å². The molecule has 0 atom stereocenters. The van der Waals surface area contributed by atoms with Crippen LogP contribution in [0.4, 0.5) is 17.8 Å². The highest BCUT2D eigenvalue weighted by atomic mass is 17.2. The van der Waals surface area contributed by atoms with Gasteiger partial charge in [0.2, 0.25) is 17.8 Å². The van der Waals surface area contributed by atoms with E-state index in [1.165, 1.54) is 6.26 Å². The summed E-state index contributed by atoms with van der Waals surface area (Å²) in [4.78, 5) is 37.9.